The Labute approximate surface area is 96.9 Å². The van der Waals surface area contributed by atoms with Gasteiger partial charge in [0.15, 0.2) is 0 Å². The van der Waals surface area contributed by atoms with Crippen LogP contribution >= 0.6 is 0 Å². The quantitative estimate of drug-likeness (QED) is 0.585. The van der Waals surface area contributed by atoms with Crippen molar-refractivity contribution < 1.29 is 4.79 Å². The van der Waals surface area contributed by atoms with Crippen molar-refractivity contribution in [1.29, 1.82) is 0 Å². The molecule has 0 radical (unpaired) electrons. The van der Waals surface area contributed by atoms with E-state index in [2.05, 4.69) is 34.9 Å². The van der Waals surface area contributed by atoms with Crippen LogP contribution in [0.1, 0.15) is 25.7 Å². The Hall–Kier alpha value is -0.810. The van der Waals surface area contributed by atoms with Crippen molar-refractivity contribution in [3.63, 3.8) is 0 Å². The summed E-state index contributed by atoms with van der Waals surface area (Å²) in [6.07, 6.45) is 4.20. The summed E-state index contributed by atoms with van der Waals surface area (Å²) in [5, 5.41) is 9.37. The average molecular weight is 226 g/mol. The van der Waals surface area contributed by atoms with Gasteiger partial charge in [0.25, 0.3) is 0 Å². The Morgan fingerprint density at radius 2 is 1.88 bits per heavy atom. The third-order valence-corrected chi connectivity index (χ3v) is 4.32. The van der Waals surface area contributed by atoms with Gasteiger partial charge in [0.1, 0.15) is 0 Å². The first-order valence-corrected chi connectivity index (χ1v) is 5.94. The highest BCUT2D eigenvalue weighted by atomic mass is 16.2. The second-order valence-corrected chi connectivity index (χ2v) is 5.26. The van der Waals surface area contributed by atoms with Crippen LogP contribution in [-0.4, -0.2) is 49.8 Å². The second kappa shape index (κ2) is 3.89. The molecule has 2 aliphatic rings. The molecule has 5 nitrogen and oxygen atoms in total. The number of carbonyl (C=O) groups excluding carboxylic acids is 1. The van der Waals surface area contributed by atoms with Crippen LogP contribution in [0.5, 0.6) is 0 Å². The molecular formula is C11H22N4O. The molecule has 92 valence electrons. The second-order valence-electron chi connectivity index (χ2n) is 5.26. The van der Waals surface area contributed by atoms with Gasteiger partial charge in [0.2, 0.25) is 0 Å². The van der Waals surface area contributed by atoms with E-state index >= 15 is 0 Å². The van der Waals surface area contributed by atoms with Crippen LogP contribution in [0.3, 0.4) is 0 Å². The summed E-state index contributed by atoms with van der Waals surface area (Å²) in [4.78, 5) is 13.5. The van der Waals surface area contributed by atoms with Crippen LogP contribution < -0.4 is 16.0 Å². The zero-order valence-corrected chi connectivity index (χ0v) is 10.4. The number of urea groups is 1. The molecule has 0 unspecified atom stereocenters. The fourth-order valence-electron chi connectivity index (χ4n) is 2.94. The molecule has 0 aromatic heterocycles. The predicted molar refractivity (Wildman–Crippen MR) is 63.2 cm³/mol. The van der Waals surface area contributed by atoms with Gasteiger partial charge >= 0.3 is 6.03 Å². The normalized spacial score (nSPS) is 38.9. The molecule has 2 amide bonds. The molecule has 2 fully saturated rings. The van der Waals surface area contributed by atoms with Crippen LogP contribution in [0.4, 0.5) is 4.79 Å². The largest absolute Gasteiger partial charge is 0.336 e. The highest BCUT2D eigenvalue weighted by Crippen LogP contribution is 2.36. The summed E-state index contributed by atoms with van der Waals surface area (Å²) < 4.78 is 0. The lowest BCUT2D eigenvalue weighted by molar-refractivity contribution is 0.0438. The lowest BCUT2D eigenvalue weighted by Crippen LogP contribution is -2.61. The van der Waals surface area contributed by atoms with E-state index in [0.717, 1.165) is 32.2 Å². The number of hydrogen-bond acceptors (Lipinski definition) is 3. The number of nitrogens with one attached hydrogen (secondary N) is 3. The van der Waals surface area contributed by atoms with Crippen LogP contribution in [0.15, 0.2) is 0 Å². The first kappa shape index (κ1) is 11.7. The molecule has 0 aromatic rings. The van der Waals surface area contributed by atoms with E-state index in [-0.39, 0.29) is 17.2 Å². The number of rotatable bonds is 2. The van der Waals surface area contributed by atoms with Crippen LogP contribution in [0, 0.1) is 0 Å². The highest BCUT2D eigenvalue weighted by molar-refractivity contribution is 5.77. The minimum Gasteiger partial charge on any atom is -0.336 e. The lowest BCUT2D eigenvalue weighted by atomic mass is 9.76. The molecule has 1 spiro atoms. The van der Waals surface area contributed by atoms with Gasteiger partial charge in [0.05, 0.1) is 11.2 Å². The smallest absolute Gasteiger partial charge is 0.315 e. The van der Waals surface area contributed by atoms with Gasteiger partial charge in [-0.05, 0) is 46.8 Å². The summed E-state index contributed by atoms with van der Waals surface area (Å²) in [5.41, 5.74) is 0.103. The van der Waals surface area contributed by atoms with Gasteiger partial charge in [-0.3, -0.25) is 4.90 Å². The summed E-state index contributed by atoms with van der Waals surface area (Å²) >= 11 is 0. The monoisotopic (exact) mass is 226 g/mol. The van der Waals surface area contributed by atoms with Crippen molar-refractivity contribution in [1.82, 2.24) is 20.9 Å². The van der Waals surface area contributed by atoms with E-state index in [9.17, 15) is 4.79 Å². The minimum absolute atomic E-state index is 0.00738. The van der Waals surface area contributed by atoms with Gasteiger partial charge < -0.3 is 16.0 Å². The zero-order chi connectivity index (χ0) is 11.8. The molecule has 1 heterocycles. The molecule has 1 saturated heterocycles. The first-order valence-electron chi connectivity index (χ1n) is 5.94. The first-order chi connectivity index (χ1) is 7.52. The lowest BCUT2D eigenvalue weighted by Gasteiger charge is -2.48. The number of nitrogens with zero attached hydrogens (tertiary/aromatic N) is 1. The standard InChI is InChI=1S/C11H22N4O/c1-12-11(15(2)3)6-4-10(5-7-11)8-13-9(16)14-10/h12H,4-8H2,1-3H3,(H2,13,14,16). The zero-order valence-electron chi connectivity index (χ0n) is 10.4. The molecule has 5 heteroatoms. The summed E-state index contributed by atoms with van der Waals surface area (Å²) in [5.74, 6) is 0. The molecule has 0 atom stereocenters. The number of carbonyl (C=O) groups is 1. The summed E-state index contributed by atoms with van der Waals surface area (Å²) in [7, 11) is 6.24. The Balaban J connectivity index is 2.03. The van der Waals surface area contributed by atoms with Gasteiger partial charge in [-0.1, -0.05) is 0 Å². The maximum Gasteiger partial charge on any atom is 0.315 e. The van der Waals surface area contributed by atoms with E-state index in [1.165, 1.54) is 0 Å². The fourth-order valence-corrected chi connectivity index (χ4v) is 2.94. The maximum absolute atomic E-state index is 11.2. The number of amides is 2. The van der Waals surface area contributed by atoms with Crippen molar-refractivity contribution in [2.24, 2.45) is 0 Å². The van der Waals surface area contributed by atoms with Crippen molar-refractivity contribution in [2.45, 2.75) is 36.9 Å². The van der Waals surface area contributed by atoms with Crippen molar-refractivity contribution >= 4 is 6.03 Å². The van der Waals surface area contributed by atoms with E-state index < -0.39 is 0 Å². The van der Waals surface area contributed by atoms with Crippen molar-refractivity contribution in [2.75, 3.05) is 27.7 Å². The summed E-state index contributed by atoms with van der Waals surface area (Å²) in [6.45, 7) is 0.777. The predicted octanol–water partition coefficient (Wildman–Crippen LogP) is 0.0893. The minimum atomic E-state index is -0.0122. The van der Waals surface area contributed by atoms with Crippen LogP contribution in [0.25, 0.3) is 0 Å². The molecule has 16 heavy (non-hydrogen) atoms. The van der Waals surface area contributed by atoms with E-state index in [4.69, 9.17) is 0 Å². The van der Waals surface area contributed by atoms with Crippen LogP contribution in [-0.2, 0) is 0 Å². The SMILES string of the molecule is CNC1(N(C)C)CCC2(CC1)CNC(=O)N2. The van der Waals surface area contributed by atoms with Gasteiger partial charge in [-0.15, -0.1) is 0 Å². The highest BCUT2D eigenvalue weighted by Gasteiger charge is 2.46. The van der Waals surface area contributed by atoms with Crippen LogP contribution in [0.2, 0.25) is 0 Å². The fraction of sp³-hybridized carbons (Fsp3) is 0.909. The third kappa shape index (κ3) is 1.78. The maximum atomic E-state index is 11.2. The van der Waals surface area contributed by atoms with Gasteiger partial charge in [-0.2, -0.15) is 0 Å². The molecular weight excluding hydrogens is 204 g/mol. The molecule has 1 aliphatic heterocycles. The topological polar surface area (TPSA) is 56.4 Å². The number of hydrogen-bond donors (Lipinski definition) is 3. The molecule has 1 saturated carbocycles. The molecule has 0 bridgehead atoms. The summed E-state index contributed by atoms with van der Waals surface area (Å²) in [6, 6.07) is -0.0122. The van der Waals surface area contributed by atoms with Gasteiger partial charge in [0, 0.05) is 6.54 Å². The molecule has 0 aromatic carbocycles. The van der Waals surface area contributed by atoms with E-state index in [1.807, 2.05) is 7.05 Å². The Kier molecular flexibility index (Phi) is 2.84. The van der Waals surface area contributed by atoms with Crippen molar-refractivity contribution in [3.8, 4) is 0 Å². The Morgan fingerprint density at radius 1 is 1.25 bits per heavy atom. The van der Waals surface area contributed by atoms with E-state index in [1.54, 1.807) is 0 Å². The van der Waals surface area contributed by atoms with Crippen molar-refractivity contribution in [3.05, 3.63) is 0 Å². The molecule has 3 N–H and O–H groups in total. The molecule has 1 aliphatic carbocycles. The van der Waals surface area contributed by atoms with Gasteiger partial charge in [-0.25, -0.2) is 4.79 Å². The average Bonchev–Trinajstić information content (AvgIpc) is 2.62. The Bertz CT molecular complexity index is 282. The van der Waals surface area contributed by atoms with E-state index in [0.29, 0.717) is 0 Å². The Morgan fingerprint density at radius 3 is 2.25 bits per heavy atom. The molecule has 2 rings (SSSR count). The third-order valence-electron chi connectivity index (χ3n) is 4.32.